The number of rotatable bonds is 3. The van der Waals surface area contributed by atoms with E-state index in [0.717, 1.165) is 9.27 Å². The summed E-state index contributed by atoms with van der Waals surface area (Å²) in [7, 11) is 0. The van der Waals surface area contributed by atoms with E-state index in [1.807, 2.05) is 13.8 Å². The summed E-state index contributed by atoms with van der Waals surface area (Å²) in [6, 6.07) is 4.76. The molecule has 0 saturated heterocycles. The summed E-state index contributed by atoms with van der Waals surface area (Å²) in [5.74, 6) is -1.75. The number of dihydropyridines is 1. The van der Waals surface area contributed by atoms with Crippen LogP contribution in [0, 0.1) is 14.8 Å². The molecular weight excluding hydrogens is 460 g/mol. The number of nitrogens with one attached hydrogen (secondary N) is 1. The molecule has 2 aliphatic rings. The van der Waals surface area contributed by atoms with E-state index in [9.17, 15) is 14.0 Å². The molecule has 0 radical (unpaired) electrons. The number of carbonyl (C=O) groups is 2. The van der Waals surface area contributed by atoms with E-state index in [2.05, 4.69) is 27.9 Å². The average molecular weight is 483 g/mol. The van der Waals surface area contributed by atoms with Crippen LogP contribution in [0.5, 0.6) is 0 Å². The van der Waals surface area contributed by atoms with Crippen LogP contribution in [0.1, 0.15) is 52.0 Å². The second-order valence-corrected chi connectivity index (χ2v) is 9.06. The maximum atomic E-state index is 14.8. The zero-order valence-electron chi connectivity index (χ0n) is 15.9. The minimum atomic E-state index is -0.751. The number of allylic oxidation sites excluding steroid dienone is 3. The largest absolute Gasteiger partial charge is 0.463 e. The molecule has 0 fully saturated rings. The molecule has 0 amide bonds. The zero-order valence-corrected chi connectivity index (χ0v) is 18.1. The molecule has 1 aromatic rings. The predicted molar refractivity (Wildman–Crippen MR) is 109 cm³/mol. The van der Waals surface area contributed by atoms with E-state index < -0.39 is 17.7 Å². The van der Waals surface area contributed by atoms with Gasteiger partial charge >= 0.3 is 5.97 Å². The Morgan fingerprint density at radius 1 is 1.37 bits per heavy atom. The molecule has 6 heteroatoms. The highest BCUT2D eigenvalue weighted by Gasteiger charge is 2.43. The third-order valence-electron chi connectivity index (χ3n) is 5.00. The summed E-state index contributed by atoms with van der Waals surface area (Å²) in [6.45, 7) is 7.80. The third kappa shape index (κ3) is 3.81. The minimum Gasteiger partial charge on any atom is -0.463 e. The quantitative estimate of drug-likeness (QED) is 0.505. The fourth-order valence-electron chi connectivity index (χ4n) is 3.96. The number of esters is 1. The van der Waals surface area contributed by atoms with Gasteiger partial charge in [0.1, 0.15) is 5.82 Å². The van der Waals surface area contributed by atoms with E-state index >= 15 is 0 Å². The Hall–Kier alpha value is -1.70. The summed E-state index contributed by atoms with van der Waals surface area (Å²) in [6.07, 6.45) is 1.04. The van der Waals surface area contributed by atoms with Crippen LogP contribution in [-0.4, -0.2) is 18.4 Å². The summed E-state index contributed by atoms with van der Waals surface area (Å²) >= 11 is 2.11. The van der Waals surface area contributed by atoms with Crippen molar-refractivity contribution < 1.29 is 18.7 Å². The van der Waals surface area contributed by atoms with E-state index in [4.69, 9.17) is 4.74 Å². The van der Waals surface area contributed by atoms with Crippen LogP contribution in [0.4, 0.5) is 4.39 Å². The van der Waals surface area contributed by atoms with Crippen LogP contribution in [0.2, 0.25) is 0 Å². The molecule has 1 aliphatic heterocycles. The first-order valence-corrected chi connectivity index (χ1v) is 10.1. The lowest BCUT2D eigenvalue weighted by Crippen LogP contribution is -2.39. The van der Waals surface area contributed by atoms with Crippen LogP contribution in [-0.2, 0) is 14.3 Å². The molecule has 1 heterocycles. The fourth-order valence-corrected chi connectivity index (χ4v) is 4.48. The maximum absolute atomic E-state index is 14.8. The van der Waals surface area contributed by atoms with Gasteiger partial charge in [-0.15, -0.1) is 0 Å². The Kier molecular flexibility index (Phi) is 5.47. The van der Waals surface area contributed by atoms with Gasteiger partial charge in [-0.1, -0.05) is 13.8 Å². The molecule has 0 bridgehead atoms. The van der Waals surface area contributed by atoms with Crippen molar-refractivity contribution in [1.82, 2.24) is 5.32 Å². The highest BCUT2D eigenvalue weighted by molar-refractivity contribution is 14.1. The molecule has 1 aliphatic carbocycles. The maximum Gasteiger partial charge on any atom is 0.336 e. The van der Waals surface area contributed by atoms with Crippen molar-refractivity contribution in [3.05, 3.63) is 55.7 Å². The lowest BCUT2D eigenvalue weighted by molar-refractivity contribution is -0.138. The lowest BCUT2D eigenvalue weighted by Gasteiger charge is -2.39. The standard InChI is InChI=1S/C21H23FINO3/c1-5-27-20(26)17-11(2)24-15-9-21(3,4)10-16(25)19(15)18(17)13-8-12(23)6-7-14(13)22/h6-8,18,24H,5,9-10H2,1-4H3. The molecule has 1 atom stereocenters. The topological polar surface area (TPSA) is 55.4 Å². The zero-order chi connectivity index (χ0) is 19.9. The number of hydrogen-bond donors (Lipinski definition) is 1. The molecule has 1 aromatic carbocycles. The van der Waals surface area contributed by atoms with Crippen molar-refractivity contribution in [2.45, 2.75) is 46.5 Å². The number of Topliss-reactive ketones (excluding diaryl/α,β-unsaturated/α-hetero) is 1. The van der Waals surface area contributed by atoms with Gasteiger partial charge in [0.15, 0.2) is 5.78 Å². The van der Waals surface area contributed by atoms with Gasteiger partial charge in [-0.05, 0) is 66.5 Å². The van der Waals surface area contributed by atoms with Crippen molar-refractivity contribution in [3.63, 3.8) is 0 Å². The molecule has 1 unspecified atom stereocenters. The van der Waals surface area contributed by atoms with Gasteiger partial charge in [0.05, 0.1) is 18.1 Å². The van der Waals surface area contributed by atoms with Crippen LogP contribution < -0.4 is 5.32 Å². The Morgan fingerprint density at radius 3 is 2.74 bits per heavy atom. The Labute approximate surface area is 172 Å². The summed E-state index contributed by atoms with van der Waals surface area (Å²) < 4.78 is 20.9. The Morgan fingerprint density at radius 2 is 2.07 bits per heavy atom. The first-order valence-electron chi connectivity index (χ1n) is 9.00. The molecule has 0 spiro atoms. The monoisotopic (exact) mass is 483 g/mol. The van der Waals surface area contributed by atoms with E-state index in [-0.39, 0.29) is 17.8 Å². The van der Waals surface area contributed by atoms with Gasteiger partial charge in [0, 0.05) is 32.5 Å². The molecular formula is C21H23FINO3. The van der Waals surface area contributed by atoms with Crippen LogP contribution in [0.15, 0.2) is 40.7 Å². The first kappa shape index (κ1) is 20.0. The van der Waals surface area contributed by atoms with Crippen molar-refractivity contribution >= 4 is 34.3 Å². The van der Waals surface area contributed by atoms with E-state index in [1.54, 1.807) is 26.0 Å². The predicted octanol–water partition coefficient (Wildman–Crippen LogP) is 4.60. The van der Waals surface area contributed by atoms with E-state index in [1.165, 1.54) is 6.07 Å². The summed E-state index contributed by atoms with van der Waals surface area (Å²) in [5, 5.41) is 3.24. The summed E-state index contributed by atoms with van der Waals surface area (Å²) in [5.41, 5.74) is 2.35. The molecule has 0 saturated carbocycles. The van der Waals surface area contributed by atoms with Gasteiger partial charge in [0.25, 0.3) is 0 Å². The second-order valence-electron chi connectivity index (χ2n) is 7.82. The van der Waals surface area contributed by atoms with Crippen molar-refractivity contribution in [2.24, 2.45) is 5.41 Å². The third-order valence-corrected chi connectivity index (χ3v) is 5.68. The number of hydrogen-bond acceptors (Lipinski definition) is 4. The molecule has 0 aromatic heterocycles. The Bertz CT molecular complexity index is 885. The van der Waals surface area contributed by atoms with Crippen molar-refractivity contribution in [1.29, 1.82) is 0 Å². The van der Waals surface area contributed by atoms with E-state index in [0.29, 0.717) is 35.2 Å². The first-order chi connectivity index (χ1) is 12.6. The smallest absolute Gasteiger partial charge is 0.336 e. The molecule has 1 N–H and O–H groups in total. The van der Waals surface area contributed by atoms with Crippen molar-refractivity contribution in [3.8, 4) is 0 Å². The van der Waals surface area contributed by atoms with Crippen LogP contribution in [0.25, 0.3) is 0 Å². The second kappa shape index (κ2) is 7.37. The molecule has 4 nitrogen and oxygen atoms in total. The molecule has 144 valence electrons. The normalized spacial score (nSPS) is 21.7. The summed E-state index contributed by atoms with van der Waals surface area (Å²) in [4.78, 5) is 25.8. The van der Waals surface area contributed by atoms with Crippen LogP contribution in [0.3, 0.4) is 0 Å². The number of benzene rings is 1. The highest BCUT2D eigenvalue weighted by Crippen LogP contribution is 2.47. The van der Waals surface area contributed by atoms with Gasteiger partial charge in [-0.25, -0.2) is 9.18 Å². The van der Waals surface area contributed by atoms with Crippen LogP contribution >= 0.6 is 22.6 Å². The number of ketones is 1. The minimum absolute atomic E-state index is 0.0497. The fraction of sp³-hybridized carbons (Fsp3) is 0.429. The van der Waals surface area contributed by atoms with Crippen molar-refractivity contribution in [2.75, 3.05) is 6.61 Å². The molecule has 3 rings (SSSR count). The van der Waals surface area contributed by atoms with Gasteiger partial charge in [-0.3, -0.25) is 4.79 Å². The number of ether oxygens (including phenoxy) is 1. The number of carbonyl (C=O) groups excluding carboxylic acids is 2. The molecule has 27 heavy (non-hydrogen) atoms. The lowest BCUT2D eigenvalue weighted by atomic mass is 9.68. The highest BCUT2D eigenvalue weighted by atomic mass is 127. The average Bonchev–Trinajstić information content (AvgIpc) is 2.54. The SMILES string of the molecule is CCOC(=O)C1=C(C)NC2=C(C(=O)CC(C)(C)C2)C1c1cc(I)ccc1F. The van der Waals surface area contributed by atoms with Gasteiger partial charge < -0.3 is 10.1 Å². The van der Waals surface area contributed by atoms with Gasteiger partial charge in [0.2, 0.25) is 0 Å². The Balaban J connectivity index is 2.24. The van der Waals surface area contributed by atoms with Gasteiger partial charge in [-0.2, -0.15) is 0 Å². The number of halogens is 2.